The van der Waals surface area contributed by atoms with Gasteiger partial charge < -0.3 is 26.0 Å². The number of nitrogens with two attached hydrogens (primary N) is 1. The van der Waals surface area contributed by atoms with Crippen LogP contribution in [0.2, 0.25) is 0 Å². The minimum Gasteiger partial charge on any atom is -0.406 e. The van der Waals surface area contributed by atoms with E-state index in [2.05, 4.69) is 25.4 Å². The molecule has 4 amide bonds. The van der Waals surface area contributed by atoms with Crippen LogP contribution in [-0.2, 0) is 4.79 Å². The average molecular weight is 548 g/mol. The standard InChI is InChI=1S/C23H20F4N8O4/c24-22(11-30-33-29)9-18(19(36)31-13-4-3-5-14(8-13)39-23(25,26)27)35(12-22)21(38)32-16-10-34(20(28)37)17-7-2-1-6-15(16)17/h1-8,10,18H,9,11-12H2,(H2,28,37)(H,31,36)(H,32,38)/t18-,22-/m0/s1. The number of benzene rings is 2. The SMILES string of the molecule is [N-]=[N+]=NC[C@@]1(F)C[C@@H](C(=O)Nc2cccc(OC(F)(F)F)c2)N(C(=O)Nc2cn(C(N)=O)c3ccccc23)C1. The van der Waals surface area contributed by atoms with Gasteiger partial charge in [0.15, 0.2) is 0 Å². The van der Waals surface area contributed by atoms with Gasteiger partial charge in [-0.15, -0.1) is 13.2 Å². The summed E-state index contributed by atoms with van der Waals surface area (Å²) in [6.07, 6.45) is -4.26. The van der Waals surface area contributed by atoms with Crippen molar-refractivity contribution < 1.29 is 36.7 Å². The number of nitrogens with one attached hydrogen (secondary N) is 2. The Hall–Kier alpha value is -4.98. The molecule has 4 N–H and O–H groups in total. The zero-order valence-corrected chi connectivity index (χ0v) is 19.9. The molecule has 204 valence electrons. The monoisotopic (exact) mass is 548 g/mol. The van der Waals surface area contributed by atoms with E-state index in [0.717, 1.165) is 21.6 Å². The minimum atomic E-state index is -4.96. The number of aromatic nitrogens is 1. The molecule has 1 aliphatic heterocycles. The number of azide groups is 1. The minimum absolute atomic E-state index is 0.0990. The number of nitrogens with zero attached hydrogens (tertiary/aromatic N) is 5. The van der Waals surface area contributed by atoms with Crippen molar-refractivity contribution in [1.29, 1.82) is 0 Å². The van der Waals surface area contributed by atoms with Gasteiger partial charge >= 0.3 is 18.4 Å². The van der Waals surface area contributed by atoms with Crippen molar-refractivity contribution >= 4 is 40.2 Å². The first-order chi connectivity index (χ1) is 18.4. The number of hydrogen-bond donors (Lipinski definition) is 3. The van der Waals surface area contributed by atoms with Crippen LogP contribution in [0, 0.1) is 0 Å². The summed E-state index contributed by atoms with van der Waals surface area (Å²) in [6.45, 7) is -1.31. The van der Waals surface area contributed by atoms with Crippen LogP contribution in [-0.4, -0.2) is 58.6 Å². The number of fused-ring (bicyclic) bond motifs is 1. The summed E-state index contributed by atoms with van der Waals surface area (Å²) >= 11 is 0. The number of alkyl halides is 4. The predicted octanol–water partition coefficient (Wildman–Crippen LogP) is 4.73. The van der Waals surface area contributed by atoms with Gasteiger partial charge in [-0.25, -0.2) is 14.0 Å². The van der Waals surface area contributed by atoms with Crippen LogP contribution < -0.4 is 21.1 Å². The highest BCUT2D eigenvalue weighted by molar-refractivity contribution is 6.06. The summed E-state index contributed by atoms with van der Waals surface area (Å²) in [5.74, 6) is -1.51. The molecule has 1 aliphatic rings. The molecule has 1 aromatic heterocycles. The third-order valence-corrected chi connectivity index (χ3v) is 5.90. The zero-order valence-electron chi connectivity index (χ0n) is 19.9. The third kappa shape index (κ3) is 6.13. The number of para-hydroxylation sites is 1. The molecule has 0 radical (unpaired) electrons. The van der Waals surface area contributed by atoms with E-state index < -0.39 is 61.3 Å². The topological polar surface area (TPSA) is 167 Å². The van der Waals surface area contributed by atoms with E-state index in [1.807, 2.05) is 0 Å². The predicted molar refractivity (Wildman–Crippen MR) is 131 cm³/mol. The van der Waals surface area contributed by atoms with Gasteiger partial charge in [-0.1, -0.05) is 29.4 Å². The molecule has 16 heteroatoms. The smallest absolute Gasteiger partial charge is 0.406 e. The highest BCUT2D eigenvalue weighted by Gasteiger charge is 2.49. The van der Waals surface area contributed by atoms with Gasteiger partial charge in [0.2, 0.25) is 5.91 Å². The number of amides is 4. The average Bonchev–Trinajstić information content (AvgIpc) is 3.41. The maximum absolute atomic E-state index is 15.5. The Bertz CT molecular complexity index is 1490. The number of hydrogen-bond acceptors (Lipinski definition) is 5. The second-order valence-electron chi connectivity index (χ2n) is 8.65. The number of rotatable bonds is 6. The Morgan fingerprint density at radius 2 is 1.92 bits per heavy atom. The summed E-state index contributed by atoms with van der Waals surface area (Å²) in [5.41, 5.74) is 12.2. The van der Waals surface area contributed by atoms with Crippen LogP contribution in [0.1, 0.15) is 6.42 Å². The van der Waals surface area contributed by atoms with Gasteiger partial charge in [-0.2, -0.15) is 0 Å². The summed E-state index contributed by atoms with van der Waals surface area (Å²) in [4.78, 5) is 41.6. The van der Waals surface area contributed by atoms with Gasteiger partial charge in [-0.05, 0) is 23.7 Å². The summed E-state index contributed by atoms with van der Waals surface area (Å²) in [7, 11) is 0. The van der Waals surface area contributed by atoms with Crippen LogP contribution in [0.5, 0.6) is 5.75 Å². The molecular formula is C23H20F4N8O4. The lowest BCUT2D eigenvalue weighted by Crippen LogP contribution is -2.45. The Labute approximate surface area is 216 Å². The Kier molecular flexibility index (Phi) is 7.23. The van der Waals surface area contributed by atoms with Gasteiger partial charge in [0.1, 0.15) is 17.5 Å². The molecule has 4 rings (SSSR count). The third-order valence-electron chi connectivity index (χ3n) is 5.90. The fourth-order valence-electron chi connectivity index (χ4n) is 4.30. The molecule has 0 unspecified atom stereocenters. The second-order valence-corrected chi connectivity index (χ2v) is 8.65. The van der Waals surface area contributed by atoms with E-state index in [-0.39, 0.29) is 11.4 Å². The molecule has 2 atom stereocenters. The molecule has 2 heterocycles. The van der Waals surface area contributed by atoms with Crippen LogP contribution in [0.15, 0.2) is 59.8 Å². The van der Waals surface area contributed by atoms with Crippen LogP contribution in [0.3, 0.4) is 0 Å². The van der Waals surface area contributed by atoms with Gasteiger partial charge in [0.05, 0.1) is 24.3 Å². The van der Waals surface area contributed by atoms with Crippen molar-refractivity contribution in [1.82, 2.24) is 9.47 Å². The molecule has 0 spiro atoms. The number of carbonyl (C=O) groups is 3. The van der Waals surface area contributed by atoms with Crippen molar-refractivity contribution in [2.75, 3.05) is 23.7 Å². The quantitative estimate of drug-likeness (QED) is 0.175. The van der Waals surface area contributed by atoms with Crippen molar-refractivity contribution in [3.8, 4) is 5.75 Å². The van der Waals surface area contributed by atoms with E-state index in [9.17, 15) is 27.6 Å². The first-order valence-electron chi connectivity index (χ1n) is 11.2. The second kappa shape index (κ2) is 10.4. The Morgan fingerprint density at radius 1 is 1.18 bits per heavy atom. The molecule has 39 heavy (non-hydrogen) atoms. The first-order valence-corrected chi connectivity index (χ1v) is 11.2. The van der Waals surface area contributed by atoms with E-state index in [0.29, 0.717) is 10.9 Å². The number of likely N-dealkylation sites (tertiary alicyclic amines) is 1. The molecule has 0 aliphatic carbocycles. The highest BCUT2D eigenvalue weighted by Crippen LogP contribution is 2.34. The van der Waals surface area contributed by atoms with E-state index >= 15 is 4.39 Å². The first kappa shape index (κ1) is 27.1. The van der Waals surface area contributed by atoms with Gasteiger partial charge in [0, 0.05) is 34.7 Å². The molecule has 1 fully saturated rings. The van der Waals surface area contributed by atoms with Crippen LogP contribution in [0.25, 0.3) is 21.3 Å². The molecular weight excluding hydrogens is 528 g/mol. The molecule has 12 nitrogen and oxygen atoms in total. The van der Waals surface area contributed by atoms with Gasteiger partial charge in [-0.3, -0.25) is 9.36 Å². The number of halogens is 4. The number of ether oxygens (including phenoxy) is 1. The maximum atomic E-state index is 15.5. The molecule has 0 saturated carbocycles. The Balaban J connectivity index is 1.60. The normalized spacial score (nSPS) is 18.9. The van der Waals surface area contributed by atoms with Gasteiger partial charge in [0.25, 0.3) is 0 Å². The van der Waals surface area contributed by atoms with E-state index in [1.54, 1.807) is 24.3 Å². The van der Waals surface area contributed by atoms with Crippen molar-refractivity contribution in [3.05, 3.63) is 65.2 Å². The maximum Gasteiger partial charge on any atom is 0.573 e. The van der Waals surface area contributed by atoms with Crippen molar-refractivity contribution in [2.45, 2.75) is 24.5 Å². The summed E-state index contributed by atoms with van der Waals surface area (Å²) < 4.78 is 58.2. The highest BCUT2D eigenvalue weighted by atomic mass is 19.4. The fourth-order valence-corrected chi connectivity index (χ4v) is 4.30. The van der Waals surface area contributed by atoms with Crippen LogP contribution >= 0.6 is 0 Å². The molecule has 1 saturated heterocycles. The number of carbonyl (C=O) groups excluding carboxylic acids is 3. The lowest BCUT2D eigenvalue weighted by Gasteiger charge is -2.24. The fraction of sp³-hybridized carbons (Fsp3) is 0.261. The van der Waals surface area contributed by atoms with E-state index in [1.165, 1.54) is 18.3 Å². The molecule has 2 aromatic carbocycles. The summed E-state index contributed by atoms with van der Waals surface area (Å²) in [5, 5.41) is 8.57. The number of primary amides is 1. The van der Waals surface area contributed by atoms with Crippen molar-refractivity contribution in [3.63, 3.8) is 0 Å². The zero-order chi connectivity index (χ0) is 28.4. The molecule has 3 aromatic rings. The largest absolute Gasteiger partial charge is 0.573 e. The number of urea groups is 1. The Morgan fingerprint density at radius 3 is 2.62 bits per heavy atom. The molecule has 0 bridgehead atoms. The number of anilines is 2. The lowest BCUT2D eigenvalue weighted by atomic mass is 10.0. The van der Waals surface area contributed by atoms with Crippen LogP contribution in [0.4, 0.5) is 38.5 Å². The van der Waals surface area contributed by atoms with E-state index in [4.69, 9.17) is 11.3 Å². The summed E-state index contributed by atoms with van der Waals surface area (Å²) in [6, 6.07) is 7.72. The van der Waals surface area contributed by atoms with Crippen molar-refractivity contribution in [2.24, 2.45) is 10.8 Å². The lowest BCUT2D eigenvalue weighted by molar-refractivity contribution is -0.274.